The summed E-state index contributed by atoms with van der Waals surface area (Å²) in [6.45, 7) is 1.25. The average Bonchev–Trinajstić information content (AvgIpc) is 2.41. The zero-order valence-electron chi connectivity index (χ0n) is 10.5. The highest BCUT2D eigenvalue weighted by Crippen LogP contribution is 2.15. The standard InChI is InChI=1S/C15H16N2O2/c16-15(19)12-7-5-11(6-8-12)9-17-10-13-3-1-2-4-14(13)18/h1-8,17-18H,9-10H2,(H2,16,19). The second kappa shape index (κ2) is 6.02. The lowest BCUT2D eigenvalue weighted by Gasteiger charge is -2.07. The minimum absolute atomic E-state index is 0.291. The van der Waals surface area contributed by atoms with Crippen LogP contribution in [0.2, 0.25) is 0 Å². The van der Waals surface area contributed by atoms with Gasteiger partial charge in [-0.05, 0) is 23.8 Å². The Balaban J connectivity index is 1.89. The Morgan fingerprint density at radius 3 is 2.37 bits per heavy atom. The van der Waals surface area contributed by atoms with Crippen molar-refractivity contribution >= 4 is 5.91 Å². The van der Waals surface area contributed by atoms with Crippen molar-refractivity contribution in [3.8, 4) is 5.75 Å². The number of nitrogens with two attached hydrogens (primary N) is 1. The number of carbonyl (C=O) groups excluding carboxylic acids is 1. The molecule has 0 unspecified atom stereocenters. The number of amides is 1. The summed E-state index contributed by atoms with van der Waals surface area (Å²) in [7, 11) is 0. The predicted octanol–water partition coefficient (Wildman–Crippen LogP) is 1.78. The third-order valence-electron chi connectivity index (χ3n) is 2.87. The molecule has 0 aliphatic heterocycles. The number of para-hydroxylation sites is 1. The summed E-state index contributed by atoms with van der Waals surface area (Å²) >= 11 is 0. The smallest absolute Gasteiger partial charge is 0.248 e. The van der Waals surface area contributed by atoms with E-state index in [2.05, 4.69) is 5.32 Å². The first-order chi connectivity index (χ1) is 9.16. The van der Waals surface area contributed by atoms with Crippen LogP contribution in [0.15, 0.2) is 48.5 Å². The van der Waals surface area contributed by atoms with Gasteiger partial charge < -0.3 is 16.2 Å². The summed E-state index contributed by atoms with van der Waals surface area (Å²) < 4.78 is 0. The molecule has 0 spiro atoms. The average molecular weight is 256 g/mol. The molecule has 0 aliphatic carbocycles. The lowest BCUT2D eigenvalue weighted by Crippen LogP contribution is -2.14. The topological polar surface area (TPSA) is 75.4 Å². The van der Waals surface area contributed by atoms with Crippen molar-refractivity contribution in [3.63, 3.8) is 0 Å². The zero-order chi connectivity index (χ0) is 13.7. The molecule has 0 radical (unpaired) electrons. The molecule has 19 heavy (non-hydrogen) atoms. The molecule has 0 heterocycles. The molecule has 98 valence electrons. The first kappa shape index (κ1) is 13.1. The number of carbonyl (C=O) groups is 1. The van der Waals surface area contributed by atoms with Crippen LogP contribution in [0.5, 0.6) is 5.75 Å². The van der Waals surface area contributed by atoms with Crippen molar-refractivity contribution in [1.82, 2.24) is 5.32 Å². The molecule has 0 saturated carbocycles. The van der Waals surface area contributed by atoms with E-state index in [0.29, 0.717) is 24.4 Å². The number of nitrogens with one attached hydrogen (secondary N) is 1. The number of benzene rings is 2. The molecule has 0 aromatic heterocycles. The van der Waals surface area contributed by atoms with Crippen molar-refractivity contribution < 1.29 is 9.90 Å². The van der Waals surface area contributed by atoms with Gasteiger partial charge in [-0.25, -0.2) is 0 Å². The molecule has 4 nitrogen and oxygen atoms in total. The molecule has 0 atom stereocenters. The largest absolute Gasteiger partial charge is 0.508 e. The fourth-order valence-corrected chi connectivity index (χ4v) is 1.79. The molecule has 1 amide bonds. The molecule has 2 rings (SSSR count). The van der Waals surface area contributed by atoms with Crippen LogP contribution in [0, 0.1) is 0 Å². The maximum absolute atomic E-state index is 10.9. The predicted molar refractivity (Wildman–Crippen MR) is 73.6 cm³/mol. The van der Waals surface area contributed by atoms with Gasteiger partial charge >= 0.3 is 0 Å². The van der Waals surface area contributed by atoms with Gasteiger partial charge in [0.25, 0.3) is 0 Å². The van der Waals surface area contributed by atoms with Crippen LogP contribution in [0.4, 0.5) is 0 Å². The van der Waals surface area contributed by atoms with E-state index < -0.39 is 5.91 Å². The third-order valence-corrected chi connectivity index (χ3v) is 2.87. The second-order valence-electron chi connectivity index (χ2n) is 4.29. The Labute approximate surface area is 111 Å². The first-order valence-electron chi connectivity index (χ1n) is 6.03. The van der Waals surface area contributed by atoms with Crippen LogP contribution < -0.4 is 11.1 Å². The van der Waals surface area contributed by atoms with Gasteiger partial charge in [0.15, 0.2) is 0 Å². The first-order valence-corrected chi connectivity index (χ1v) is 6.03. The SMILES string of the molecule is NC(=O)c1ccc(CNCc2ccccc2O)cc1. The lowest BCUT2D eigenvalue weighted by molar-refractivity contribution is 0.100. The second-order valence-corrected chi connectivity index (χ2v) is 4.29. The van der Waals surface area contributed by atoms with Crippen LogP contribution in [-0.2, 0) is 13.1 Å². The van der Waals surface area contributed by atoms with E-state index in [1.807, 2.05) is 24.3 Å². The molecule has 0 bridgehead atoms. The Morgan fingerprint density at radius 1 is 1.05 bits per heavy atom. The van der Waals surface area contributed by atoms with Crippen LogP contribution in [-0.4, -0.2) is 11.0 Å². The Morgan fingerprint density at radius 2 is 1.74 bits per heavy atom. The number of phenols is 1. The van der Waals surface area contributed by atoms with Crippen molar-refractivity contribution in [1.29, 1.82) is 0 Å². The molecule has 4 N–H and O–H groups in total. The van der Waals surface area contributed by atoms with Crippen molar-refractivity contribution in [2.75, 3.05) is 0 Å². The van der Waals surface area contributed by atoms with Crippen molar-refractivity contribution in [3.05, 3.63) is 65.2 Å². The van der Waals surface area contributed by atoms with Gasteiger partial charge in [-0.3, -0.25) is 4.79 Å². The summed E-state index contributed by atoms with van der Waals surface area (Å²) in [5.74, 6) is -0.132. The van der Waals surface area contributed by atoms with E-state index in [-0.39, 0.29) is 0 Å². The highest BCUT2D eigenvalue weighted by Gasteiger charge is 2.01. The highest BCUT2D eigenvalue weighted by atomic mass is 16.3. The van der Waals surface area contributed by atoms with Gasteiger partial charge in [-0.15, -0.1) is 0 Å². The summed E-state index contributed by atoms with van der Waals surface area (Å²) in [4.78, 5) is 10.9. The molecule has 0 aliphatic rings. The third kappa shape index (κ3) is 3.56. The monoisotopic (exact) mass is 256 g/mol. The zero-order valence-corrected chi connectivity index (χ0v) is 10.5. The minimum Gasteiger partial charge on any atom is -0.508 e. The Kier molecular flexibility index (Phi) is 4.15. The number of rotatable bonds is 5. The molecule has 4 heteroatoms. The summed E-state index contributed by atoms with van der Waals surface area (Å²) in [6, 6.07) is 14.4. The van der Waals surface area contributed by atoms with E-state index >= 15 is 0 Å². The molecule has 2 aromatic carbocycles. The van der Waals surface area contributed by atoms with Crippen LogP contribution in [0.1, 0.15) is 21.5 Å². The molecular weight excluding hydrogens is 240 g/mol. The van der Waals surface area contributed by atoms with Gasteiger partial charge in [0.05, 0.1) is 0 Å². The number of hydrogen-bond donors (Lipinski definition) is 3. The maximum Gasteiger partial charge on any atom is 0.248 e. The summed E-state index contributed by atoms with van der Waals surface area (Å²) in [6.07, 6.45) is 0. The number of phenolic OH excluding ortho intramolecular Hbond substituents is 1. The number of aromatic hydroxyl groups is 1. The Hall–Kier alpha value is -2.33. The fourth-order valence-electron chi connectivity index (χ4n) is 1.79. The lowest BCUT2D eigenvalue weighted by atomic mass is 10.1. The van der Waals surface area contributed by atoms with Crippen LogP contribution in [0.25, 0.3) is 0 Å². The number of hydrogen-bond acceptors (Lipinski definition) is 3. The molecule has 0 saturated heterocycles. The molecular formula is C15H16N2O2. The summed E-state index contributed by atoms with van der Waals surface area (Å²) in [5.41, 5.74) is 7.59. The quantitative estimate of drug-likeness (QED) is 0.763. The van der Waals surface area contributed by atoms with E-state index in [1.54, 1.807) is 24.3 Å². The number of primary amides is 1. The minimum atomic E-state index is -0.422. The van der Waals surface area contributed by atoms with Gasteiger partial charge in [0, 0.05) is 24.2 Å². The van der Waals surface area contributed by atoms with Gasteiger partial charge in [0.1, 0.15) is 5.75 Å². The fraction of sp³-hybridized carbons (Fsp3) is 0.133. The highest BCUT2D eigenvalue weighted by molar-refractivity contribution is 5.92. The summed E-state index contributed by atoms with van der Waals surface area (Å²) in [5, 5.41) is 12.8. The molecule has 0 fully saturated rings. The van der Waals surface area contributed by atoms with E-state index in [4.69, 9.17) is 5.73 Å². The molecule has 2 aromatic rings. The van der Waals surface area contributed by atoms with E-state index in [9.17, 15) is 9.90 Å². The van der Waals surface area contributed by atoms with E-state index in [0.717, 1.165) is 11.1 Å². The van der Waals surface area contributed by atoms with Crippen LogP contribution in [0.3, 0.4) is 0 Å². The normalized spacial score (nSPS) is 10.3. The van der Waals surface area contributed by atoms with Gasteiger partial charge in [-0.2, -0.15) is 0 Å². The Bertz CT molecular complexity index is 565. The van der Waals surface area contributed by atoms with Gasteiger partial charge in [0.2, 0.25) is 5.91 Å². The van der Waals surface area contributed by atoms with Crippen molar-refractivity contribution in [2.45, 2.75) is 13.1 Å². The van der Waals surface area contributed by atoms with Gasteiger partial charge in [-0.1, -0.05) is 30.3 Å². The maximum atomic E-state index is 10.9. The van der Waals surface area contributed by atoms with Crippen LogP contribution >= 0.6 is 0 Å². The van der Waals surface area contributed by atoms with E-state index in [1.165, 1.54) is 0 Å². The van der Waals surface area contributed by atoms with Crippen molar-refractivity contribution in [2.24, 2.45) is 5.73 Å².